The van der Waals surface area contributed by atoms with Crippen LogP contribution in [0.25, 0.3) is 0 Å². The Labute approximate surface area is 177 Å². The van der Waals surface area contributed by atoms with Crippen LogP contribution in [0, 0.1) is 6.92 Å². The summed E-state index contributed by atoms with van der Waals surface area (Å²) < 4.78 is 8.12. The Morgan fingerprint density at radius 3 is 2.71 bits per heavy atom. The molecular weight excluding hydrogens is 442 g/mol. The van der Waals surface area contributed by atoms with Gasteiger partial charge < -0.3 is 10.1 Å². The van der Waals surface area contributed by atoms with Crippen LogP contribution < -0.4 is 5.32 Å². The molecule has 1 amide bonds. The zero-order valence-corrected chi connectivity index (χ0v) is 19.1. The Hall–Kier alpha value is -1.67. The van der Waals surface area contributed by atoms with Crippen molar-refractivity contribution in [1.82, 2.24) is 9.78 Å². The number of aromatic nitrogens is 2. The van der Waals surface area contributed by atoms with Crippen molar-refractivity contribution < 1.29 is 14.3 Å². The molecule has 3 rings (SSSR count). The summed E-state index contributed by atoms with van der Waals surface area (Å²) in [6.07, 6.45) is 6.24. The third-order valence-electron chi connectivity index (χ3n) is 5.23. The lowest BCUT2D eigenvalue weighted by Gasteiger charge is -2.16. The molecule has 2 aromatic rings. The Morgan fingerprint density at radius 1 is 1.36 bits per heavy atom. The molecule has 2 atom stereocenters. The van der Waals surface area contributed by atoms with Gasteiger partial charge >= 0.3 is 5.97 Å². The van der Waals surface area contributed by atoms with E-state index >= 15 is 0 Å². The van der Waals surface area contributed by atoms with Crippen LogP contribution in [0.15, 0.2) is 10.7 Å². The number of rotatable bonds is 6. The highest BCUT2D eigenvalue weighted by Crippen LogP contribution is 2.39. The number of amides is 1. The van der Waals surface area contributed by atoms with Gasteiger partial charge in [-0.25, -0.2) is 4.79 Å². The Balaban J connectivity index is 1.88. The van der Waals surface area contributed by atoms with Crippen LogP contribution in [-0.2, 0) is 22.4 Å². The number of aryl methyl sites for hydroxylation is 1. The molecule has 0 saturated heterocycles. The van der Waals surface area contributed by atoms with E-state index in [1.54, 1.807) is 17.8 Å². The van der Waals surface area contributed by atoms with Crippen LogP contribution in [-0.4, -0.2) is 27.8 Å². The first-order chi connectivity index (χ1) is 13.3. The van der Waals surface area contributed by atoms with Crippen LogP contribution in [0.5, 0.6) is 0 Å². The maximum atomic E-state index is 12.9. The van der Waals surface area contributed by atoms with E-state index in [1.165, 1.54) is 16.2 Å². The van der Waals surface area contributed by atoms with Crippen molar-refractivity contribution in [3.8, 4) is 0 Å². The van der Waals surface area contributed by atoms with Gasteiger partial charge in [0.15, 0.2) is 0 Å². The number of hydrogen-bond acceptors (Lipinski definition) is 5. The molecule has 0 radical (unpaired) electrons. The quantitative estimate of drug-likeness (QED) is 0.603. The lowest BCUT2D eigenvalue weighted by atomic mass is 9.95. The molecule has 1 aliphatic carbocycles. The van der Waals surface area contributed by atoms with Gasteiger partial charge in [0, 0.05) is 4.88 Å². The topological polar surface area (TPSA) is 73.2 Å². The smallest absolute Gasteiger partial charge is 0.341 e. The van der Waals surface area contributed by atoms with Crippen LogP contribution in [0.3, 0.4) is 0 Å². The summed E-state index contributed by atoms with van der Waals surface area (Å²) in [5.74, 6) is -0.537. The van der Waals surface area contributed by atoms with Crippen molar-refractivity contribution in [3.63, 3.8) is 0 Å². The highest BCUT2D eigenvalue weighted by Gasteiger charge is 2.29. The van der Waals surface area contributed by atoms with Gasteiger partial charge in [0.05, 0.1) is 28.0 Å². The number of fused-ring (bicyclic) bond motifs is 1. The standard InChI is InChI=1S/C20H26BrN3O3S/c1-5-11(2)27-20(26)17-14-8-6-7-9-16(14)28-19(17)23-18(25)13(4)24-12(3)15(21)10-22-24/h10-11,13H,5-9H2,1-4H3,(H,23,25). The van der Waals surface area contributed by atoms with Crippen molar-refractivity contribution in [3.05, 3.63) is 32.4 Å². The molecule has 1 aliphatic rings. The Kier molecular flexibility index (Phi) is 6.60. The average molecular weight is 468 g/mol. The van der Waals surface area contributed by atoms with Crippen LogP contribution in [0.1, 0.15) is 72.6 Å². The lowest BCUT2D eigenvalue weighted by Crippen LogP contribution is -2.26. The van der Waals surface area contributed by atoms with Gasteiger partial charge in [0.1, 0.15) is 11.0 Å². The molecule has 0 fully saturated rings. The Morgan fingerprint density at radius 2 is 2.07 bits per heavy atom. The lowest BCUT2D eigenvalue weighted by molar-refractivity contribution is -0.119. The minimum absolute atomic E-state index is 0.154. The highest BCUT2D eigenvalue weighted by molar-refractivity contribution is 9.10. The van der Waals surface area contributed by atoms with Gasteiger partial charge in [-0.05, 0) is 74.4 Å². The van der Waals surface area contributed by atoms with Gasteiger partial charge in [-0.2, -0.15) is 5.10 Å². The second-order valence-electron chi connectivity index (χ2n) is 7.23. The summed E-state index contributed by atoms with van der Waals surface area (Å²) in [5, 5.41) is 7.85. The molecule has 0 aliphatic heterocycles. The number of halogens is 1. The fourth-order valence-electron chi connectivity index (χ4n) is 3.32. The number of anilines is 1. The third kappa shape index (κ3) is 4.17. The summed E-state index contributed by atoms with van der Waals surface area (Å²) in [7, 11) is 0. The number of ether oxygens (including phenoxy) is 1. The summed E-state index contributed by atoms with van der Waals surface area (Å²) in [5.41, 5.74) is 2.47. The van der Waals surface area contributed by atoms with E-state index in [9.17, 15) is 9.59 Å². The number of carbonyl (C=O) groups is 2. The first-order valence-corrected chi connectivity index (χ1v) is 11.3. The third-order valence-corrected chi connectivity index (χ3v) is 7.21. The minimum atomic E-state index is -0.496. The molecule has 28 heavy (non-hydrogen) atoms. The predicted molar refractivity (Wildman–Crippen MR) is 114 cm³/mol. The maximum Gasteiger partial charge on any atom is 0.341 e. The second kappa shape index (κ2) is 8.78. The Bertz CT molecular complexity index is 890. The average Bonchev–Trinajstić information content (AvgIpc) is 3.20. The van der Waals surface area contributed by atoms with Gasteiger partial charge in [-0.1, -0.05) is 6.92 Å². The van der Waals surface area contributed by atoms with Crippen molar-refractivity contribution in [2.24, 2.45) is 0 Å². The van der Waals surface area contributed by atoms with Crippen molar-refractivity contribution in [2.45, 2.75) is 71.9 Å². The number of carbonyl (C=O) groups excluding carboxylic acids is 2. The molecule has 0 saturated carbocycles. The summed E-state index contributed by atoms with van der Waals surface area (Å²) in [4.78, 5) is 26.9. The number of hydrogen-bond donors (Lipinski definition) is 1. The summed E-state index contributed by atoms with van der Waals surface area (Å²) >= 11 is 4.93. The monoisotopic (exact) mass is 467 g/mol. The zero-order chi connectivity index (χ0) is 20.4. The van der Waals surface area contributed by atoms with Gasteiger partial charge in [0.25, 0.3) is 0 Å². The fourth-order valence-corrected chi connectivity index (χ4v) is 4.87. The fraction of sp³-hybridized carbons (Fsp3) is 0.550. The van der Waals surface area contributed by atoms with E-state index in [4.69, 9.17) is 4.74 Å². The number of nitrogens with one attached hydrogen (secondary N) is 1. The molecule has 1 N–H and O–H groups in total. The number of nitrogens with zero attached hydrogens (tertiary/aromatic N) is 2. The van der Waals surface area contributed by atoms with E-state index in [0.29, 0.717) is 10.6 Å². The first-order valence-electron chi connectivity index (χ1n) is 9.69. The van der Waals surface area contributed by atoms with Crippen LogP contribution in [0.2, 0.25) is 0 Å². The molecule has 6 nitrogen and oxygen atoms in total. The van der Waals surface area contributed by atoms with E-state index < -0.39 is 6.04 Å². The van der Waals surface area contributed by atoms with E-state index in [1.807, 2.05) is 20.8 Å². The van der Waals surface area contributed by atoms with Gasteiger partial charge in [0.2, 0.25) is 5.91 Å². The summed E-state index contributed by atoms with van der Waals surface area (Å²) in [6.45, 7) is 7.57. The van der Waals surface area contributed by atoms with Crippen molar-refractivity contribution in [1.29, 1.82) is 0 Å². The highest BCUT2D eigenvalue weighted by atomic mass is 79.9. The molecule has 0 aromatic carbocycles. The molecule has 2 unspecified atom stereocenters. The molecular formula is C20H26BrN3O3S. The SMILES string of the molecule is CCC(C)OC(=O)c1c(NC(=O)C(C)n2ncc(Br)c2C)sc2c1CCCC2. The molecule has 0 spiro atoms. The van der Waals surface area contributed by atoms with Crippen LogP contribution >= 0.6 is 27.3 Å². The summed E-state index contributed by atoms with van der Waals surface area (Å²) in [6, 6.07) is -0.496. The molecule has 0 bridgehead atoms. The van der Waals surface area contributed by atoms with Crippen molar-refractivity contribution >= 4 is 44.1 Å². The second-order valence-corrected chi connectivity index (χ2v) is 9.19. The van der Waals surface area contributed by atoms with Gasteiger partial charge in [-0.15, -0.1) is 11.3 Å². The molecule has 152 valence electrons. The molecule has 2 aromatic heterocycles. The zero-order valence-electron chi connectivity index (χ0n) is 16.7. The largest absolute Gasteiger partial charge is 0.459 e. The molecule has 8 heteroatoms. The van der Waals surface area contributed by atoms with Gasteiger partial charge in [-0.3, -0.25) is 9.48 Å². The normalized spacial score (nSPS) is 15.6. The van der Waals surface area contributed by atoms with Crippen LogP contribution in [0.4, 0.5) is 5.00 Å². The van der Waals surface area contributed by atoms with E-state index in [2.05, 4.69) is 26.3 Å². The minimum Gasteiger partial charge on any atom is -0.459 e. The van der Waals surface area contributed by atoms with E-state index in [0.717, 1.165) is 47.8 Å². The maximum absolute atomic E-state index is 12.9. The predicted octanol–water partition coefficient (Wildman–Crippen LogP) is 5.05. The molecule has 2 heterocycles. The van der Waals surface area contributed by atoms with E-state index in [-0.39, 0.29) is 18.0 Å². The van der Waals surface area contributed by atoms with Crippen molar-refractivity contribution in [2.75, 3.05) is 5.32 Å². The number of thiophene rings is 1. The first kappa shape index (κ1) is 21.0. The number of esters is 1.